The summed E-state index contributed by atoms with van der Waals surface area (Å²) >= 11 is 1.42. The minimum atomic E-state index is 0.662. The molecule has 1 saturated heterocycles. The summed E-state index contributed by atoms with van der Waals surface area (Å²) in [6.45, 7) is 6.73. The van der Waals surface area contributed by atoms with Crippen LogP contribution in [-0.4, -0.2) is 40.2 Å². The van der Waals surface area contributed by atoms with Crippen LogP contribution in [0.4, 0.5) is 0 Å². The lowest BCUT2D eigenvalue weighted by Gasteiger charge is -2.31. The van der Waals surface area contributed by atoms with E-state index in [-0.39, 0.29) is 0 Å². The van der Waals surface area contributed by atoms with Crippen molar-refractivity contribution in [3.63, 3.8) is 0 Å². The van der Waals surface area contributed by atoms with Gasteiger partial charge in [-0.3, -0.25) is 0 Å². The summed E-state index contributed by atoms with van der Waals surface area (Å²) in [7, 11) is 0. The summed E-state index contributed by atoms with van der Waals surface area (Å²) in [4.78, 5) is 2.50. The summed E-state index contributed by atoms with van der Waals surface area (Å²) in [5, 5.41) is 9.58. The summed E-state index contributed by atoms with van der Waals surface area (Å²) in [5.74, 6) is 0. The normalized spacial score (nSPS) is 19.5. The maximum Gasteiger partial charge on any atom is 0.0893 e. The molecule has 0 radical (unpaired) electrons. The van der Waals surface area contributed by atoms with Gasteiger partial charge in [0, 0.05) is 18.0 Å². The molecule has 0 atom stereocenters. The summed E-state index contributed by atoms with van der Waals surface area (Å²) in [6, 6.07) is 0.662. The second kappa shape index (κ2) is 5.53. The minimum Gasteiger partial charge on any atom is -0.308 e. The van der Waals surface area contributed by atoms with Gasteiger partial charge in [-0.2, -0.15) is 0 Å². The molecule has 1 N–H and O–H groups in total. The van der Waals surface area contributed by atoms with E-state index < -0.39 is 0 Å². The lowest BCUT2D eigenvalue weighted by molar-refractivity contribution is 0.205. The molecule has 2 rings (SSSR count). The molecule has 1 fully saturated rings. The fourth-order valence-electron chi connectivity index (χ4n) is 1.96. The third-order valence-corrected chi connectivity index (χ3v) is 3.57. The van der Waals surface area contributed by atoms with Crippen LogP contribution in [0, 0.1) is 0 Å². The zero-order chi connectivity index (χ0) is 10.5. The third-order valence-electron chi connectivity index (χ3n) is 3.01. The van der Waals surface area contributed by atoms with E-state index in [1.165, 1.54) is 44.0 Å². The molecule has 0 spiro atoms. The van der Waals surface area contributed by atoms with Crippen LogP contribution in [0.25, 0.3) is 0 Å². The molecule has 84 valence electrons. The van der Waals surface area contributed by atoms with E-state index in [1.807, 2.05) is 5.38 Å². The Morgan fingerprint density at radius 1 is 1.53 bits per heavy atom. The Balaban J connectivity index is 1.69. The Bertz CT molecular complexity index is 267. The van der Waals surface area contributed by atoms with E-state index in [0.29, 0.717) is 6.04 Å². The van der Waals surface area contributed by atoms with Crippen LogP contribution < -0.4 is 5.32 Å². The second-order valence-corrected chi connectivity index (χ2v) is 4.60. The van der Waals surface area contributed by atoms with Gasteiger partial charge >= 0.3 is 0 Å². The molecule has 15 heavy (non-hydrogen) atoms. The molecule has 1 aliphatic rings. The van der Waals surface area contributed by atoms with Crippen molar-refractivity contribution in [2.45, 2.75) is 32.4 Å². The fraction of sp³-hybridized carbons (Fsp3) is 0.800. The first-order valence-electron chi connectivity index (χ1n) is 5.60. The van der Waals surface area contributed by atoms with Crippen LogP contribution in [0.5, 0.6) is 0 Å². The van der Waals surface area contributed by atoms with Gasteiger partial charge in [-0.25, -0.2) is 0 Å². The molecular formula is C10H18N4S. The van der Waals surface area contributed by atoms with Crippen LogP contribution in [0.1, 0.15) is 25.5 Å². The zero-order valence-electron chi connectivity index (χ0n) is 9.15. The zero-order valence-corrected chi connectivity index (χ0v) is 9.96. The number of aromatic nitrogens is 2. The van der Waals surface area contributed by atoms with Crippen molar-refractivity contribution in [2.75, 3.05) is 19.6 Å². The van der Waals surface area contributed by atoms with Crippen molar-refractivity contribution in [3.05, 3.63) is 11.1 Å². The monoisotopic (exact) mass is 226 g/mol. The Hall–Kier alpha value is -0.520. The SMILES string of the molecule is CCN1CCC(NCc2csnn2)CC1. The van der Waals surface area contributed by atoms with Crippen LogP contribution in [0.15, 0.2) is 5.38 Å². The molecule has 2 heterocycles. The van der Waals surface area contributed by atoms with Crippen LogP contribution in [0.2, 0.25) is 0 Å². The average molecular weight is 226 g/mol. The van der Waals surface area contributed by atoms with Gasteiger partial charge in [0.2, 0.25) is 0 Å². The molecule has 0 bridgehead atoms. The molecule has 1 aromatic rings. The highest BCUT2D eigenvalue weighted by molar-refractivity contribution is 7.03. The van der Waals surface area contributed by atoms with Crippen molar-refractivity contribution in [1.82, 2.24) is 19.8 Å². The molecule has 1 aromatic heterocycles. The highest BCUT2D eigenvalue weighted by Crippen LogP contribution is 2.10. The van der Waals surface area contributed by atoms with Gasteiger partial charge in [-0.1, -0.05) is 11.4 Å². The first kappa shape index (κ1) is 11.0. The van der Waals surface area contributed by atoms with Crippen molar-refractivity contribution in [2.24, 2.45) is 0 Å². The number of hydrogen-bond acceptors (Lipinski definition) is 5. The summed E-state index contributed by atoms with van der Waals surface area (Å²) in [6.07, 6.45) is 2.51. The summed E-state index contributed by atoms with van der Waals surface area (Å²) in [5.41, 5.74) is 1.07. The largest absolute Gasteiger partial charge is 0.308 e. The van der Waals surface area contributed by atoms with E-state index in [9.17, 15) is 0 Å². The van der Waals surface area contributed by atoms with Gasteiger partial charge in [-0.05, 0) is 44.0 Å². The highest BCUT2D eigenvalue weighted by Gasteiger charge is 2.17. The Morgan fingerprint density at radius 2 is 2.33 bits per heavy atom. The predicted molar refractivity (Wildman–Crippen MR) is 61.9 cm³/mol. The molecule has 0 aliphatic carbocycles. The van der Waals surface area contributed by atoms with E-state index >= 15 is 0 Å². The number of nitrogens with zero attached hydrogens (tertiary/aromatic N) is 3. The maximum absolute atomic E-state index is 4.03. The van der Waals surface area contributed by atoms with E-state index in [0.717, 1.165) is 12.2 Å². The predicted octanol–water partition coefficient (Wildman–Crippen LogP) is 1.11. The van der Waals surface area contributed by atoms with Crippen LogP contribution >= 0.6 is 11.5 Å². The average Bonchev–Trinajstić information content (AvgIpc) is 2.80. The quantitative estimate of drug-likeness (QED) is 0.835. The highest BCUT2D eigenvalue weighted by atomic mass is 32.1. The number of nitrogens with one attached hydrogen (secondary N) is 1. The second-order valence-electron chi connectivity index (χ2n) is 3.99. The standard InChI is InChI=1S/C10H18N4S/c1-2-14-5-3-9(4-6-14)11-7-10-8-15-13-12-10/h8-9,11H,2-7H2,1H3. The molecule has 5 heteroatoms. The van der Waals surface area contributed by atoms with Gasteiger partial charge in [0.25, 0.3) is 0 Å². The molecule has 0 saturated carbocycles. The topological polar surface area (TPSA) is 41.0 Å². The number of hydrogen-bond donors (Lipinski definition) is 1. The number of likely N-dealkylation sites (tertiary alicyclic amines) is 1. The van der Waals surface area contributed by atoms with Crippen molar-refractivity contribution >= 4 is 11.5 Å². The summed E-state index contributed by atoms with van der Waals surface area (Å²) < 4.78 is 3.85. The first-order valence-corrected chi connectivity index (χ1v) is 6.44. The van der Waals surface area contributed by atoms with E-state index in [1.54, 1.807) is 0 Å². The third kappa shape index (κ3) is 3.22. The van der Waals surface area contributed by atoms with Gasteiger partial charge in [-0.15, -0.1) is 5.10 Å². The van der Waals surface area contributed by atoms with Crippen molar-refractivity contribution < 1.29 is 0 Å². The molecule has 4 nitrogen and oxygen atoms in total. The smallest absolute Gasteiger partial charge is 0.0893 e. The maximum atomic E-state index is 4.03. The van der Waals surface area contributed by atoms with Crippen molar-refractivity contribution in [1.29, 1.82) is 0 Å². The van der Waals surface area contributed by atoms with Crippen LogP contribution in [0.3, 0.4) is 0 Å². The van der Waals surface area contributed by atoms with Gasteiger partial charge in [0.1, 0.15) is 0 Å². The number of rotatable bonds is 4. The van der Waals surface area contributed by atoms with Gasteiger partial charge in [0.05, 0.1) is 5.69 Å². The lowest BCUT2D eigenvalue weighted by Crippen LogP contribution is -2.42. The Kier molecular flexibility index (Phi) is 4.05. The molecule has 0 aromatic carbocycles. The molecular weight excluding hydrogens is 208 g/mol. The Morgan fingerprint density at radius 3 is 2.93 bits per heavy atom. The molecule has 0 unspecified atom stereocenters. The lowest BCUT2D eigenvalue weighted by atomic mass is 10.1. The van der Waals surface area contributed by atoms with Gasteiger partial charge in [0.15, 0.2) is 0 Å². The molecule has 1 aliphatic heterocycles. The van der Waals surface area contributed by atoms with Gasteiger partial charge < -0.3 is 10.2 Å². The number of piperidine rings is 1. The van der Waals surface area contributed by atoms with Crippen LogP contribution in [-0.2, 0) is 6.54 Å². The minimum absolute atomic E-state index is 0.662. The van der Waals surface area contributed by atoms with Crippen molar-refractivity contribution in [3.8, 4) is 0 Å². The fourth-order valence-corrected chi connectivity index (χ4v) is 2.41. The van der Waals surface area contributed by atoms with E-state index in [4.69, 9.17) is 0 Å². The van der Waals surface area contributed by atoms with E-state index in [2.05, 4.69) is 26.7 Å². The molecule has 0 amide bonds. The Labute approximate surface area is 94.8 Å². The first-order chi connectivity index (χ1) is 7.38.